The first-order chi connectivity index (χ1) is 12.2. The van der Waals surface area contributed by atoms with E-state index in [-0.39, 0.29) is 11.8 Å². The van der Waals surface area contributed by atoms with Gasteiger partial charge in [0.1, 0.15) is 5.69 Å². The predicted molar refractivity (Wildman–Crippen MR) is 96.6 cm³/mol. The second-order valence-corrected chi connectivity index (χ2v) is 6.80. The number of rotatable bonds is 3. The summed E-state index contributed by atoms with van der Waals surface area (Å²) in [5.74, 6) is 0.0514. The van der Waals surface area contributed by atoms with Crippen LogP contribution in [0.15, 0.2) is 41.4 Å². The fraction of sp³-hybridized carbons (Fsp3) is 0.278. The van der Waals surface area contributed by atoms with Gasteiger partial charge >= 0.3 is 0 Å². The predicted octanol–water partition coefficient (Wildman–Crippen LogP) is 2.15. The van der Waals surface area contributed by atoms with Crippen LogP contribution in [0.4, 0.5) is 0 Å². The van der Waals surface area contributed by atoms with Gasteiger partial charge in [0.2, 0.25) is 5.91 Å². The zero-order valence-electron chi connectivity index (χ0n) is 13.6. The number of hydrogen-bond acceptors (Lipinski definition) is 4. The first-order valence-electron chi connectivity index (χ1n) is 8.22. The summed E-state index contributed by atoms with van der Waals surface area (Å²) < 4.78 is 0. The summed E-state index contributed by atoms with van der Waals surface area (Å²) in [6.45, 7) is 2.24. The molecule has 6 nitrogen and oxygen atoms in total. The molecule has 1 aliphatic heterocycles. The highest BCUT2D eigenvalue weighted by Gasteiger charge is 2.26. The molecule has 0 spiro atoms. The fourth-order valence-corrected chi connectivity index (χ4v) is 3.72. The Morgan fingerprint density at radius 1 is 1.12 bits per heavy atom. The maximum atomic E-state index is 12.6. The largest absolute Gasteiger partial charge is 0.361 e. The number of carbonyl (C=O) groups excluding carboxylic acids is 2. The highest BCUT2D eigenvalue weighted by atomic mass is 32.1. The van der Waals surface area contributed by atoms with Crippen LogP contribution in [-0.4, -0.2) is 57.8 Å². The van der Waals surface area contributed by atoms with E-state index in [1.54, 1.807) is 15.8 Å². The maximum absolute atomic E-state index is 12.6. The molecule has 3 aromatic rings. The Balaban J connectivity index is 1.37. The molecule has 0 radical (unpaired) electrons. The molecule has 1 fully saturated rings. The van der Waals surface area contributed by atoms with Gasteiger partial charge in [-0.3, -0.25) is 9.59 Å². The van der Waals surface area contributed by atoms with E-state index in [1.807, 2.05) is 35.4 Å². The minimum Gasteiger partial charge on any atom is -0.361 e. The van der Waals surface area contributed by atoms with Crippen LogP contribution in [0.3, 0.4) is 0 Å². The van der Waals surface area contributed by atoms with E-state index in [2.05, 4.69) is 9.97 Å². The van der Waals surface area contributed by atoms with Gasteiger partial charge in [-0.1, -0.05) is 18.2 Å². The normalized spacial score (nSPS) is 14.9. The van der Waals surface area contributed by atoms with E-state index >= 15 is 0 Å². The zero-order chi connectivity index (χ0) is 17.2. The lowest BCUT2D eigenvalue weighted by atomic mass is 10.1. The molecule has 4 rings (SSSR count). The third kappa shape index (κ3) is 3.15. The van der Waals surface area contributed by atoms with Crippen molar-refractivity contribution in [1.29, 1.82) is 0 Å². The molecule has 1 N–H and O–H groups in total. The number of piperazine rings is 1. The average Bonchev–Trinajstić information content (AvgIpc) is 3.32. The summed E-state index contributed by atoms with van der Waals surface area (Å²) in [6.07, 6.45) is 2.29. The van der Waals surface area contributed by atoms with Crippen molar-refractivity contribution in [1.82, 2.24) is 19.8 Å². The number of nitrogens with zero attached hydrogens (tertiary/aromatic N) is 3. The molecule has 0 bridgehead atoms. The lowest BCUT2D eigenvalue weighted by Gasteiger charge is -2.34. The van der Waals surface area contributed by atoms with Crippen molar-refractivity contribution in [2.75, 3.05) is 26.2 Å². The molecule has 2 amide bonds. The van der Waals surface area contributed by atoms with Crippen LogP contribution in [0.5, 0.6) is 0 Å². The monoisotopic (exact) mass is 354 g/mol. The van der Waals surface area contributed by atoms with Gasteiger partial charge in [0.15, 0.2) is 0 Å². The van der Waals surface area contributed by atoms with Crippen molar-refractivity contribution in [2.24, 2.45) is 0 Å². The molecule has 128 valence electrons. The Bertz CT molecular complexity index is 895. The van der Waals surface area contributed by atoms with Crippen LogP contribution in [0, 0.1) is 0 Å². The summed E-state index contributed by atoms with van der Waals surface area (Å²) in [6, 6.07) is 7.99. The molecule has 1 saturated heterocycles. The number of benzene rings is 1. The van der Waals surface area contributed by atoms with E-state index in [0.29, 0.717) is 38.3 Å². The Morgan fingerprint density at radius 3 is 2.64 bits per heavy atom. The van der Waals surface area contributed by atoms with Crippen molar-refractivity contribution in [3.05, 3.63) is 52.6 Å². The molecular formula is C18H18N4O2S. The number of aromatic amines is 1. The molecule has 0 aliphatic carbocycles. The van der Waals surface area contributed by atoms with Crippen molar-refractivity contribution in [2.45, 2.75) is 6.42 Å². The van der Waals surface area contributed by atoms with Gasteiger partial charge in [0.25, 0.3) is 5.91 Å². The smallest absolute Gasteiger partial charge is 0.273 e. The number of fused-ring (bicyclic) bond motifs is 1. The van der Waals surface area contributed by atoms with Crippen LogP contribution < -0.4 is 0 Å². The number of thiazole rings is 1. The summed E-state index contributed by atoms with van der Waals surface area (Å²) in [7, 11) is 0. The first kappa shape index (κ1) is 15.8. The number of aromatic nitrogens is 2. The van der Waals surface area contributed by atoms with E-state index in [0.717, 1.165) is 16.5 Å². The second-order valence-electron chi connectivity index (χ2n) is 6.08. The van der Waals surface area contributed by atoms with Gasteiger partial charge < -0.3 is 14.8 Å². The van der Waals surface area contributed by atoms with E-state index in [9.17, 15) is 9.59 Å². The Morgan fingerprint density at radius 2 is 1.88 bits per heavy atom. The van der Waals surface area contributed by atoms with Crippen molar-refractivity contribution in [3.63, 3.8) is 0 Å². The fourth-order valence-electron chi connectivity index (χ4n) is 3.19. The van der Waals surface area contributed by atoms with E-state index in [4.69, 9.17) is 0 Å². The standard InChI is InChI=1S/C18H18N4O2S/c23-17(9-13-10-19-15-4-2-1-3-14(13)15)21-5-7-22(8-6-21)18(24)16-11-25-12-20-16/h1-4,10-12,19H,5-9H2. The highest BCUT2D eigenvalue weighted by Crippen LogP contribution is 2.19. The van der Waals surface area contributed by atoms with Gasteiger partial charge in [0.05, 0.1) is 11.9 Å². The highest BCUT2D eigenvalue weighted by molar-refractivity contribution is 7.07. The Labute approximate surface area is 149 Å². The van der Waals surface area contributed by atoms with Crippen molar-refractivity contribution >= 4 is 34.1 Å². The molecule has 3 heterocycles. The molecule has 1 aliphatic rings. The topological polar surface area (TPSA) is 69.3 Å². The molecule has 2 aromatic heterocycles. The van der Waals surface area contributed by atoms with Gasteiger partial charge in [0, 0.05) is 48.7 Å². The Hall–Kier alpha value is -2.67. The van der Waals surface area contributed by atoms with E-state index < -0.39 is 0 Å². The average molecular weight is 354 g/mol. The van der Waals surface area contributed by atoms with Crippen LogP contribution in [0.1, 0.15) is 16.1 Å². The van der Waals surface area contributed by atoms with E-state index in [1.165, 1.54) is 11.3 Å². The maximum Gasteiger partial charge on any atom is 0.273 e. The quantitative estimate of drug-likeness (QED) is 0.784. The number of amides is 2. The molecule has 25 heavy (non-hydrogen) atoms. The molecule has 0 atom stereocenters. The SMILES string of the molecule is O=C(Cc1c[nH]c2ccccc12)N1CCN(C(=O)c2cscn2)CC1. The van der Waals surface area contributed by atoms with Gasteiger partial charge in [-0.25, -0.2) is 4.98 Å². The number of nitrogens with one attached hydrogen (secondary N) is 1. The molecule has 0 unspecified atom stereocenters. The summed E-state index contributed by atoms with van der Waals surface area (Å²) in [5.41, 5.74) is 4.21. The van der Waals surface area contributed by atoms with Crippen LogP contribution >= 0.6 is 11.3 Å². The molecule has 7 heteroatoms. The second kappa shape index (κ2) is 6.68. The number of H-pyrrole nitrogens is 1. The first-order valence-corrected chi connectivity index (χ1v) is 9.17. The van der Waals surface area contributed by atoms with Gasteiger partial charge in [-0.05, 0) is 11.6 Å². The van der Waals surface area contributed by atoms with Crippen LogP contribution in [-0.2, 0) is 11.2 Å². The van der Waals surface area contributed by atoms with Gasteiger partial charge in [-0.2, -0.15) is 0 Å². The lowest BCUT2D eigenvalue weighted by molar-refractivity contribution is -0.131. The lowest BCUT2D eigenvalue weighted by Crippen LogP contribution is -2.51. The van der Waals surface area contributed by atoms with Crippen molar-refractivity contribution < 1.29 is 9.59 Å². The molecular weight excluding hydrogens is 336 g/mol. The zero-order valence-corrected chi connectivity index (χ0v) is 14.5. The summed E-state index contributed by atoms with van der Waals surface area (Å²) >= 11 is 1.41. The van der Waals surface area contributed by atoms with Crippen molar-refractivity contribution in [3.8, 4) is 0 Å². The minimum atomic E-state index is -0.0509. The molecule has 0 saturated carbocycles. The summed E-state index contributed by atoms with van der Waals surface area (Å²) in [4.78, 5) is 35.8. The number of para-hydroxylation sites is 1. The Kier molecular flexibility index (Phi) is 4.23. The van der Waals surface area contributed by atoms with Crippen LogP contribution in [0.2, 0.25) is 0 Å². The minimum absolute atomic E-state index is 0.0509. The third-order valence-electron chi connectivity index (χ3n) is 4.59. The summed E-state index contributed by atoms with van der Waals surface area (Å²) in [5, 5.41) is 2.85. The third-order valence-corrected chi connectivity index (χ3v) is 5.17. The van der Waals surface area contributed by atoms with Crippen LogP contribution in [0.25, 0.3) is 10.9 Å². The number of carbonyl (C=O) groups is 2. The number of hydrogen-bond donors (Lipinski definition) is 1. The molecule has 1 aromatic carbocycles. The van der Waals surface area contributed by atoms with Gasteiger partial charge in [-0.15, -0.1) is 11.3 Å².